The molecule has 0 bridgehead atoms. The minimum atomic E-state index is -0.146. The lowest BCUT2D eigenvalue weighted by atomic mass is 9.89. The van der Waals surface area contributed by atoms with Gasteiger partial charge in [-0.25, -0.2) is 4.39 Å². The van der Waals surface area contributed by atoms with Gasteiger partial charge >= 0.3 is 0 Å². The fraction of sp³-hybridized carbons (Fsp3) is 0.556. The molecule has 0 N–H and O–H groups in total. The van der Waals surface area contributed by atoms with E-state index in [2.05, 4.69) is 148 Å². The lowest BCUT2D eigenvalue weighted by Gasteiger charge is -2.39. The van der Waals surface area contributed by atoms with Crippen LogP contribution in [-0.4, -0.2) is 83.0 Å². The van der Waals surface area contributed by atoms with E-state index in [9.17, 15) is 4.39 Å². The lowest BCUT2D eigenvalue weighted by molar-refractivity contribution is 0.112. The first kappa shape index (κ1) is 48.0. The van der Waals surface area contributed by atoms with Gasteiger partial charge in [0.25, 0.3) is 0 Å². The van der Waals surface area contributed by atoms with Crippen molar-refractivity contribution in [1.82, 2.24) is 19.6 Å². The van der Waals surface area contributed by atoms with Gasteiger partial charge < -0.3 is 9.80 Å². The van der Waals surface area contributed by atoms with Crippen molar-refractivity contribution in [3.63, 3.8) is 0 Å². The van der Waals surface area contributed by atoms with E-state index in [4.69, 9.17) is 11.6 Å². The third-order valence-electron chi connectivity index (χ3n) is 13.4. The second-order valence-corrected chi connectivity index (χ2v) is 19.2. The Morgan fingerprint density at radius 1 is 0.433 bits per heavy atom. The summed E-state index contributed by atoms with van der Waals surface area (Å²) in [4.78, 5) is 10.3. The van der Waals surface area contributed by atoms with Crippen LogP contribution < -0.4 is 0 Å². The average molecular weight is 838 g/mol. The maximum Gasteiger partial charge on any atom is 0.123 e. The van der Waals surface area contributed by atoms with Crippen LogP contribution in [0.25, 0.3) is 0 Å². The van der Waals surface area contributed by atoms with Crippen LogP contribution in [0.1, 0.15) is 153 Å². The number of halogens is 2. The molecule has 0 radical (unpaired) electrons. The summed E-state index contributed by atoms with van der Waals surface area (Å²) in [5.41, 5.74) is 5.71. The summed E-state index contributed by atoms with van der Waals surface area (Å²) in [5.74, 6) is 1.35. The quantitative estimate of drug-likeness (QED) is 0.175. The van der Waals surface area contributed by atoms with Gasteiger partial charge in [-0.3, -0.25) is 9.80 Å². The van der Waals surface area contributed by atoms with Crippen molar-refractivity contribution in [2.75, 3.05) is 39.3 Å². The van der Waals surface area contributed by atoms with Crippen LogP contribution in [0.2, 0.25) is 5.02 Å². The normalized spacial score (nSPS) is 22.0. The smallest absolute Gasteiger partial charge is 0.123 e. The van der Waals surface area contributed by atoms with Crippen molar-refractivity contribution in [3.05, 3.63) is 142 Å². The van der Waals surface area contributed by atoms with Gasteiger partial charge in [0, 0.05) is 47.8 Å². The van der Waals surface area contributed by atoms with Crippen LogP contribution >= 0.6 is 11.6 Å². The Hall–Kier alpha value is -3.06. The molecule has 8 rings (SSSR count). The van der Waals surface area contributed by atoms with Gasteiger partial charge in [0.2, 0.25) is 0 Å². The Labute approximate surface area is 370 Å². The fourth-order valence-electron chi connectivity index (χ4n) is 9.79. The zero-order chi connectivity index (χ0) is 43.0. The van der Waals surface area contributed by atoms with E-state index in [1.54, 1.807) is 12.1 Å². The molecule has 0 saturated carbocycles. The van der Waals surface area contributed by atoms with Gasteiger partial charge in [-0.1, -0.05) is 103 Å². The maximum absolute atomic E-state index is 12.8. The molecular formula is C54H78ClFN4. The Kier molecular flexibility index (Phi) is 19.6. The molecule has 4 saturated heterocycles. The molecule has 4 nitrogen and oxygen atoms in total. The average Bonchev–Trinajstić information content (AvgIpc) is 3.98. The molecule has 328 valence electrons. The molecule has 60 heavy (non-hydrogen) atoms. The Balaban J connectivity index is 0.000000152. The number of likely N-dealkylation sites (tertiary alicyclic amines) is 4. The molecule has 4 heterocycles. The number of hydrogen-bond donors (Lipinski definition) is 0. The summed E-state index contributed by atoms with van der Waals surface area (Å²) in [6.45, 7) is 25.6. The van der Waals surface area contributed by atoms with Gasteiger partial charge in [-0.15, -0.1) is 0 Å². The molecule has 4 fully saturated rings. The first-order valence-electron chi connectivity index (χ1n) is 23.5. The van der Waals surface area contributed by atoms with Crippen molar-refractivity contribution >= 4 is 11.6 Å². The zero-order valence-electron chi connectivity index (χ0n) is 38.5. The predicted molar refractivity (Wildman–Crippen MR) is 256 cm³/mol. The van der Waals surface area contributed by atoms with Gasteiger partial charge in [-0.05, 0) is 191 Å². The fourth-order valence-corrected chi connectivity index (χ4v) is 9.92. The molecule has 0 aliphatic carbocycles. The third-order valence-corrected chi connectivity index (χ3v) is 13.7. The summed E-state index contributed by atoms with van der Waals surface area (Å²) in [6.07, 6.45) is 10.4. The van der Waals surface area contributed by atoms with Crippen LogP contribution in [0.3, 0.4) is 0 Å². The van der Waals surface area contributed by atoms with E-state index in [1.807, 2.05) is 24.3 Å². The Morgan fingerprint density at radius 3 is 1.38 bits per heavy atom. The van der Waals surface area contributed by atoms with E-state index in [0.29, 0.717) is 36.3 Å². The number of hydrogen-bond acceptors (Lipinski definition) is 4. The van der Waals surface area contributed by atoms with Crippen molar-refractivity contribution < 1.29 is 4.39 Å². The summed E-state index contributed by atoms with van der Waals surface area (Å²) < 4.78 is 12.8. The van der Waals surface area contributed by atoms with E-state index in [-0.39, 0.29) is 5.82 Å². The van der Waals surface area contributed by atoms with Crippen molar-refractivity contribution in [2.24, 2.45) is 0 Å². The highest BCUT2D eigenvalue weighted by Crippen LogP contribution is 2.34. The van der Waals surface area contributed by atoms with E-state index in [1.165, 1.54) is 113 Å². The zero-order valence-corrected chi connectivity index (χ0v) is 39.2. The van der Waals surface area contributed by atoms with E-state index >= 15 is 0 Å². The monoisotopic (exact) mass is 837 g/mol. The Morgan fingerprint density at radius 2 is 0.867 bits per heavy atom. The van der Waals surface area contributed by atoms with Gasteiger partial charge in [0.15, 0.2) is 0 Å². The van der Waals surface area contributed by atoms with Crippen LogP contribution in [0.15, 0.2) is 109 Å². The topological polar surface area (TPSA) is 13.0 Å². The summed E-state index contributed by atoms with van der Waals surface area (Å²) in [6, 6.07) is 40.9. The minimum Gasteiger partial charge on any atom is -0.301 e. The van der Waals surface area contributed by atoms with Crippen LogP contribution in [0, 0.1) is 5.82 Å². The second-order valence-electron chi connectivity index (χ2n) is 18.7. The minimum absolute atomic E-state index is 0.146. The third kappa shape index (κ3) is 14.5. The number of piperidine rings is 2. The molecule has 4 aromatic rings. The highest BCUT2D eigenvalue weighted by molar-refractivity contribution is 6.30. The summed E-state index contributed by atoms with van der Waals surface area (Å²) >= 11 is 5.91. The van der Waals surface area contributed by atoms with Crippen molar-refractivity contribution in [1.29, 1.82) is 0 Å². The SMILES string of the molecule is CC(C)N1CCC(c2ccc(Cl)cc2)CC1.CC(C)N1CCC(c2ccccc2)C1.CC(C)N1CCCC1c1ccc(F)cc1.CC(C)N1CCCCC1c1ccccc1. The largest absolute Gasteiger partial charge is 0.301 e. The number of rotatable bonds is 8. The van der Waals surface area contributed by atoms with Crippen molar-refractivity contribution in [2.45, 2.75) is 155 Å². The standard InChI is InChI=1S/C14H20ClN.C14H21N.C13H18FN.C13H19N/c1-11(2)16-9-7-13(8-10-16)12-3-5-14(15)6-4-12;1-12(2)15-11-7-6-10-14(15)13-8-4-3-5-9-13;1-10(2)15-9-3-4-13(15)11-5-7-12(14)8-6-11;1-11(2)14-9-8-13(10-14)12-6-4-3-5-7-12/h3-6,11,13H,7-10H2,1-2H3;3-5,8-9,12,14H,6-7,10-11H2,1-2H3;5-8,10,13H,3-4,9H2,1-2H3;3-7,11,13H,8-10H2,1-2H3. The molecule has 4 aliphatic heterocycles. The molecule has 0 aromatic heterocycles. The first-order chi connectivity index (χ1) is 28.9. The molecule has 0 spiro atoms. The summed E-state index contributed by atoms with van der Waals surface area (Å²) in [5, 5.41) is 0.836. The molecule has 3 atom stereocenters. The highest BCUT2D eigenvalue weighted by atomic mass is 35.5. The molecule has 3 unspecified atom stereocenters. The van der Waals surface area contributed by atoms with Crippen LogP contribution in [-0.2, 0) is 0 Å². The molecule has 6 heteroatoms. The lowest BCUT2D eigenvalue weighted by Crippen LogP contribution is -2.38. The molecule has 0 amide bonds. The van der Waals surface area contributed by atoms with Gasteiger partial charge in [0.1, 0.15) is 5.82 Å². The first-order valence-corrected chi connectivity index (χ1v) is 23.9. The van der Waals surface area contributed by atoms with E-state index in [0.717, 1.165) is 16.9 Å². The Bertz CT molecular complexity index is 1740. The highest BCUT2D eigenvalue weighted by Gasteiger charge is 2.28. The maximum atomic E-state index is 12.8. The second kappa shape index (κ2) is 24.5. The molecular weight excluding hydrogens is 759 g/mol. The predicted octanol–water partition coefficient (Wildman–Crippen LogP) is 13.8. The van der Waals surface area contributed by atoms with Gasteiger partial charge in [-0.2, -0.15) is 0 Å². The number of benzene rings is 4. The molecule has 4 aliphatic rings. The summed E-state index contributed by atoms with van der Waals surface area (Å²) in [7, 11) is 0. The van der Waals surface area contributed by atoms with E-state index < -0.39 is 0 Å². The number of nitrogens with zero attached hydrogens (tertiary/aromatic N) is 4. The molecule has 4 aromatic carbocycles. The van der Waals surface area contributed by atoms with Gasteiger partial charge in [0.05, 0.1) is 0 Å². The van der Waals surface area contributed by atoms with Crippen molar-refractivity contribution in [3.8, 4) is 0 Å². The van der Waals surface area contributed by atoms with Crippen LogP contribution in [0.4, 0.5) is 4.39 Å². The van der Waals surface area contributed by atoms with Crippen LogP contribution in [0.5, 0.6) is 0 Å².